The van der Waals surface area contributed by atoms with Crippen LogP contribution in [-0.2, 0) is 22.3 Å². The number of benzene rings is 2. The Bertz CT molecular complexity index is 918. The molecule has 1 heterocycles. The van der Waals surface area contributed by atoms with E-state index in [1.54, 1.807) is 25.2 Å². The van der Waals surface area contributed by atoms with Crippen LogP contribution in [0.15, 0.2) is 47.4 Å². The summed E-state index contributed by atoms with van der Waals surface area (Å²) in [5, 5.41) is 11.5. The van der Waals surface area contributed by atoms with Gasteiger partial charge in [-0.1, -0.05) is 18.2 Å². The van der Waals surface area contributed by atoms with Crippen LogP contribution in [0.5, 0.6) is 5.75 Å². The monoisotopic (exact) mass is 410 g/mol. The molecule has 28 heavy (non-hydrogen) atoms. The van der Waals surface area contributed by atoms with Gasteiger partial charge < -0.3 is 15.3 Å². The Kier molecular flexibility index (Phi) is 5.55. The summed E-state index contributed by atoms with van der Waals surface area (Å²) in [4.78, 5) is 26.6. The number of phenols is 1. The molecule has 1 aliphatic heterocycles. The van der Waals surface area contributed by atoms with E-state index in [1.807, 2.05) is 0 Å². The molecule has 1 atom stereocenters. The predicted octanol–water partition coefficient (Wildman–Crippen LogP) is 3.87. The lowest BCUT2D eigenvalue weighted by Crippen LogP contribution is -2.35. The molecule has 1 unspecified atom stereocenters. The standard InChI is InChI=1S/C19H17F3N2O3S/c1-24(10-11-4-2-3-5-14(11)25)17(26)9-16-18(27)23-13-8-12(19(20,21)22)6-7-15(13)28-16/h2-8,16,25H,9-10H2,1H3,(H,23,27). The molecule has 0 saturated heterocycles. The van der Waals surface area contributed by atoms with E-state index in [2.05, 4.69) is 5.32 Å². The number of para-hydroxylation sites is 1. The molecule has 0 aliphatic carbocycles. The maximum absolute atomic E-state index is 12.8. The number of carbonyl (C=O) groups excluding carboxylic acids is 2. The van der Waals surface area contributed by atoms with Gasteiger partial charge in [0, 0.05) is 30.5 Å². The first kappa shape index (κ1) is 20.1. The van der Waals surface area contributed by atoms with Crippen molar-refractivity contribution in [2.24, 2.45) is 0 Å². The molecule has 2 aromatic rings. The number of hydrogen-bond acceptors (Lipinski definition) is 4. The molecule has 1 aliphatic rings. The number of nitrogens with one attached hydrogen (secondary N) is 1. The van der Waals surface area contributed by atoms with Gasteiger partial charge in [-0.25, -0.2) is 0 Å². The number of nitrogens with zero attached hydrogens (tertiary/aromatic N) is 1. The minimum Gasteiger partial charge on any atom is -0.508 e. The van der Waals surface area contributed by atoms with Crippen LogP contribution in [0.4, 0.5) is 18.9 Å². The van der Waals surface area contributed by atoms with Crippen molar-refractivity contribution in [2.45, 2.75) is 29.3 Å². The summed E-state index contributed by atoms with van der Waals surface area (Å²) in [5.74, 6) is -0.756. The number of thioether (sulfide) groups is 1. The molecule has 0 saturated carbocycles. The molecule has 2 amide bonds. The lowest BCUT2D eigenvalue weighted by molar-refractivity contribution is -0.137. The zero-order chi connectivity index (χ0) is 20.5. The van der Waals surface area contributed by atoms with Crippen molar-refractivity contribution in [1.29, 1.82) is 0 Å². The second-order valence-corrected chi connectivity index (χ2v) is 7.63. The molecular formula is C19H17F3N2O3S. The molecule has 5 nitrogen and oxygen atoms in total. The highest BCUT2D eigenvalue weighted by atomic mass is 32.2. The number of carbonyl (C=O) groups is 2. The molecule has 0 aromatic heterocycles. The van der Waals surface area contributed by atoms with Crippen molar-refractivity contribution in [1.82, 2.24) is 4.90 Å². The van der Waals surface area contributed by atoms with Gasteiger partial charge in [0.25, 0.3) is 0 Å². The van der Waals surface area contributed by atoms with Crippen LogP contribution in [0, 0.1) is 0 Å². The Hall–Kier alpha value is -2.68. The minimum absolute atomic E-state index is 0.0707. The van der Waals surface area contributed by atoms with E-state index in [-0.39, 0.29) is 30.3 Å². The number of alkyl halides is 3. The van der Waals surface area contributed by atoms with E-state index < -0.39 is 22.9 Å². The highest BCUT2D eigenvalue weighted by Gasteiger charge is 2.34. The van der Waals surface area contributed by atoms with E-state index in [0.29, 0.717) is 10.5 Å². The molecule has 3 rings (SSSR count). The van der Waals surface area contributed by atoms with Crippen LogP contribution in [0.25, 0.3) is 0 Å². The fourth-order valence-corrected chi connectivity index (χ4v) is 3.85. The summed E-state index contributed by atoms with van der Waals surface area (Å²) in [6, 6.07) is 9.76. The van der Waals surface area contributed by atoms with Gasteiger partial charge >= 0.3 is 6.18 Å². The third kappa shape index (κ3) is 4.41. The third-order valence-corrected chi connectivity index (χ3v) is 5.59. The van der Waals surface area contributed by atoms with Crippen molar-refractivity contribution < 1.29 is 27.9 Å². The summed E-state index contributed by atoms with van der Waals surface area (Å²) in [6.07, 6.45) is -4.61. The number of fused-ring (bicyclic) bond motifs is 1. The van der Waals surface area contributed by atoms with E-state index in [4.69, 9.17) is 0 Å². The maximum atomic E-state index is 12.8. The zero-order valence-corrected chi connectivity index (χ0v) is 15.6. The lowest BCUT2D eigenvalue weighted by atomic mass is 10.1. The van der Waals surface area contributed by atoms with Gasteiger partial charge in [0.1, 0.15) is 5.75 Å². The molecule has 0 bridgehead atoms. The quantitative estimate of drug-likeness (QED) is 0.803. The van der Waals surface area contributed by atoms with Gasteiger partial charge in [0.2, 0.25) is 11.8 Å². The molecule has 2 aromatic carbocycles. The van der Waals surface area contributed by atoms with Crippen LogP contribution in [0.3, 0.4) is 0 Å². The zero-order valence-electron chi connectivity index (χ0n) is 14.8. The van der Waals surface area contributed by atoms with E-state index in [0.717, 1.165) is 23.9 Å². The van der Waals surface area contributed by atoms with Crippen molar-refractivity contribution in [2.75, 3.05) is 12.4 Å². The molecule has 148 valence electrons. The van der Waals surface area contributed by atoms with Crippen LogP contribution < -0.4 is 5.32 Å². The van der Waals surface area contributed by atoms with Crippen LogP contribution >= 0.6 is 11.8 Å². The van der Waals surface area contributed by atoms with Gasteiger partial charge in [0.05, 0.1) is 16.5 Å². The Morgan fingerprint density at radius 3 is 2.64 bits per heavy atom. The molecule has 2 N–H and O–H groups in total. The normalized spacial score (nSPS) is 16.3. The van der Waals surface area contributed by atoms with Gasteiger partial charge in [0.15, 0.2) is 0 Å². The van der Waals surface area contributed by atoms with Gasteiger partial charge in [-0.05, 0) is 24.3 Å². The minimum atomic E-state index is -4.50. The molecule has 0 radical (unpaired) electrons. The van der Waals surface area contributed by atoms with E-state index >= 15 is 0 Å². The fraction of sp³-hybridized carbons (Fsp3) is 0.263. The van der Waals surface area contributed by atoms with Gasteiger partial charge in [-0.2, -0.15) is 13.2 Å². The first-order valence-corrected chi connectivity index (χ1v) is 9.22. The molecule has 0 fully saturated rings. The lowest BCUT2D eigenvalue weighted by Gasteiger charge is -2.26. The molecule has 0 spiro atoms. The van der Waals surface area contributed by atoms with Crippen molar-refractivity contribution in [3.8, 4) is 5.75 Å². The predicted molar refractivity (Wildman–Crippen MR) is 98.9 cm³/mol. The maximum Gasteiger partial charge on any atom is 0.416 e. The van der Waals surface area contributed by atoms with E-state index in [1.165, 1.54) is 17.0 Å². The Labute approximate surface area is 163 Å². The Morgan fingerprint density at radius 1 is 1.25 bits per heavy atom. The SMILES string of the molecule is CN(Cc1ccccc1O)C(=O)CC1Sc2ccc(C(F)(F)F)cc2NC1=O. The number of aromatic hydroxyl groups is 1. The van der Waals surface area contributed by atoms with Crippen molar-refractivity contribution in [3.05, 3.63) is 53.6 Å². The number of amides is 2. The average molecular weight is 410 g/mol. The first-order chi connectivity index (χ1) is 13.1. The Balaban J connectivity index is 1.67. The smallest absolute Gasteiger partial charge is 0.416 e. The fourth-order valence-electron chi connectivity index (χ4n) is 2.76. The average Bonchev–Trinajstić information content (AvgIpc) is 2.63. The number of halogens is 3. The number of rotatable bonds is 4. The number of hydrogen-bond donors (Lipinski definition) is 2. The van der Waals surface area contributed by atoms with Crippen LogP contribution in [-0.4, -0.2) is 34.1 Å². The van der Waals surface area contributed by atoms with Crippen LogP contribution in [0.1, 0.15) is 17.5 Å². The largest absolute Gasteiger partial charge is 0.508 e. The summed E-state index contributed by atoms with van der Waals surface area (Å²) in [5.41, 5.74) is -0.177. The summed E-state index contributed by atoms with van der Waals surface area (Å²) in [6.45, 7) is 0.177. The summed E-state index contributed by atoms with van der Waals surface area (Å²) >= 11 is 1.06. The first-order valence-electron chi connectivity index (χ1n) is 8.35. The van der Waals surface area contributed by atoms with Crippen molar-refractivity contribution in [3.63, 3.8) is 0 Å². The number of anilines is 1. The van der Waals surface area contributed by atoms with Gasteiger partial charge in [-0.3, -0.25) is 9.59 Å². The number of phenolic OH excluding ortho intramolecular Hbond substituents is 1. The second-order valence-electron chi connectivity index (χ2n) is 6.39. The summed E-state index contributed by atoms with van der Waals surface area (Å²) in [7, 11) is 1.56. The van der Waals surface area contributed by atoms with Crippen molar-refractivity contribution >= 4 is 29.3 Å². The summed E-state index contributed by atoms with van der Waals surface area (Å²) < 4.78 is 38.4. The highest BCUT2D eigenvalue weighted by molar-refractivity contribution is 8.01. The van der Waals surface area contributed by atoms with Gasteiger partial charge in [-0.15, -0.1) is 11.8 Å². The molecular weight excluding hydrogens is 393 g/mol. The topological polar surface area (TPSA) is 69.6 Å². The van der Waals surface area contributed by atoms with Crippen LogP contribution in [0.2, 0.25) is 0 Å². The van der Waals surface area contributed by atoms with E-state index in [9.17, 15) is 27.9 Å². The molecule has 9 heteroatoms. The second kappa shape index (κ2) is 7.75. The third-order valence-electron chi connectivity index (χ3n) is 4.31. The highest BCUT2D eigenvalue weighted by Crippen LogP contribution is 2.40. The Morgan fingerprint density at radius 2 is 1.96 bits per heavy atom.